The lowest BCUT2D eigenvalue weighted by molar-refractivity contribution is -0.134. The standard InChI is InChI=1S/C18H15F5S/c1-10-2-4-11(5-3-10)12-8-13(19)17(14(20)9-12)15-6-7-16(24-15)18(21,22)23/h4,6-10H,2-3,5H2,1H3. The predicted octanol–water partition coefficient (Wildman–Crippen LogP) is 6.92. The van der Waals surface area contributed by atoms with Crippen LogP contribution in [-0.4, -0.2) is 0 Å². The summed E-state index contributed by atoms with van der Waals surface area (Å²) < 4.78 is 66.8. The second kappa shape index (κ2) is 6.31. The Hall–Kier alpha value is -1.69. The van der Waals surface area contributed by atoms with E-state index in [0.717, 1.165) is 37.0 Å². The van der Waals surface area contributed by atoms with Gasteiger partial charge in [0.15, 0.2) is 0 Å². The lowest BCUT2D eigenvalue weighted by atomic mass is 9.87. The molecule has 0 N–H and O–H groups in total. The Morgan fingerprint density at radius 3 is 2.25 bits per heavy atom. The molecule has 0 aliphatic heterocycles. The van der Waals surface area contributed by atoms with E-state index in [4.69, 9.17) is 0 Å². The van der Waals surface area contributed by atoms with Crippen molar-refractivity contribution in [3.63, 3.8) is 0 Å². The van der Waals surface area contributed by atoms with E-state index in [1.54, 1.807) is 0 Å². The van der Waals surface area contributed by atoms with Crippen LogP contribution in [0.15, 0.2) is 30.3 Å². The Morgan fingerprint density at radius 1 is 1.08 bits per heavy atom. The van der Waals surface area contributed by atoms with Crippen molar-refractivity contribution < 1.29 is 22.0 Å². The SMILES string of the molecule is CC1CC=C(c2cc(F)c(-c3ccc(C(F)(F)F)s3)c(F)c2)CC1. The molecule has 0 nitrogen and oxygen atoms in total. The van der Waals surface area contributed by atoms with Gasteiger partial charge >= 0.3 is 6.18 Å². The zero-order valence-electron chi connectivity index (χ0n) is 12.9. The predicted molar refractivity (Wildman–Crippen MR) is 85.7 cm³/mol. The molecule has 0 spiro atoms. The molecule has 1 heterocycles. The first-order valence-corrected chi connectivity index (χ1v) is 8.43. The number of thiophene rings is 1. The lowest BCUT2D eigenvalue weighted by Gasteiger charge is -2.19. The average Bonchev–Trinajstić information content (AvgIpc) is 2.97. The Kier molecular flexibility index (Phi) is 4.51. The van der Waals surface area contributed by atoms with Crippen molar-refractivity contribution in [1.82, 2.24) is 0 Å². The highest BCUT2D eigenvalue weighted by molar-refractivity contribution is 7.15. The second-order valence-electron chi connectivity index (χ2n) is 6.09. The summed E-state index contributed by atoms with van der Waals surface area (Å²) in [7, 11) is 0. The molecule has 0 fully saturated rings. The summed E-state index contributed by atoms with van der Waals surface area (Å²) in [5.41, 5.74) is 0.955. The van der Waals surface area contributed by atoms with Gasteiger partial charge in [0.05, 0.1) is 5.56 Å². The molecule has 1 unspecified atom stereocenters. The summed E-state index contributed by atoms with van der Waals surface area (Å²) in [4.78, 5) is -0.931. The Morgan fingerprint density at radius 2 is 1.75 bits per heavy atom. The Bertz CT molecular complexity index is 762. The first kappa shape index (κ1) is 17.1. The van der Waals surface area contributed by atoms with Crippen molar-refractivity contribution in [1.29, 1.82) is 0 Å². The van der Waals surface area contributed by atoms with Crippen molar-refractivity contribution in [2.24, 2.45) is 5.92 Å². The van der Waals surface area contributed by atoms with E-state index in [1.807, 2.05) is 6.08 Å². The molecule has 0 radical (unpaired) electrons. The Labute approximate surface area is 140 Å². The van der Waals surface area contributed by atoms with Crippen LogP contribution in [0, 0.1) is 17.6 Å². The fraction of sp³-hybridized carbons (Fsp3) is 0.333. The molecule has 6 heteroatoms. The van der Waals surface area contributed by atoms with Crippen LogP contribution in [0.3, 0.4) is 0 Å². The number of hydrogen-bond acceptors (Lipinski definition) is 1. The van der Waals surface area contributed by atoms with Crippen molar-refractivity contribution in [2.75, 3.05) is 0 Å². The van der Waals surface area contributed by atoms with Gasteiger partial charge in [0.25, 0.3) is 0 Å². The largest absolute Gasteiger partial charge is 0.425 e. The third kappa shape index (κ3) is 3.38. The smallest absolute Gasteiger partial charge is 0.206 e. The summed E-state index contributed by atoms with van der Waals surface area (Å²) in [5, 5.41) is 0. The molecule has 1 aliphatic carbocycles. The fourth-order valence-electron chi connectivity index (χ4n) is 2.85. The molecule has 128 valence electrons. The Balaban J connectivity index is 1.98. The minimum atomic E-state index is -4.51. The van der Waals surface area contributed by atoms with Crippen molar-refractivity contribution in [3.05, 3.63) is 52.4 Å². The van der Waals surface area contributed by atoms with Gasteiger partial charge in [-0.05, 0) is 60.6 Å². The van der Waals surface area contributed by atoms with E-state index < -0.39 is 28.3 Å². The zero-order chi connectivity index (χ0) is 17.5. The maximum atomic E-state index is 14.4. The highest BCUT2D eigenvalue weighted by Gasteiger charge is 2.33. The van der Waals surface area contributed by atoms with E-state index in [0.29, 0.717) is 22.8 Å². The summed E-state index contributed by atoms with van der Waals surface area (Å²) >= 11 is 0.343. The van der Waals surface area contributed by atoms with Crippen molar-refractivity contribution in [3.8, 4) is 10.4 Å². The van der Waals surface area contributed by atoms with Gasteiger partial charge in [-0.1, -0.05) is 13.0 Å². The second-order valence-corrected chi connectivity index (χ2v) is 7.17. The van der Waals surface area contributed by atoms with Crippen LogP contribution >= 0.6 is 11.3 Å². The summed E-state index contributed by atoms with van der Waals surface area (Å²) in [6, 6.07) is 4.38. The van der Waals surface area contributed by atoms with E-state index in [2.05, 4.69) is 6.92 Å². The van der Waals surface area contributed by atoms with Gasteiger partial charge in [-0.2, -0.15) is 13.2 Å². The molecule has 2 aromatic rings. The highest BCUT2D eigenvalue weighted by atomic mass is 32.1. The van der Waals surface area contributed by atoms with Crippen molar-refractivity contribution >= 4 is 16.9 Å². The fourth-order valence-corrected chi connectivity index (χ4v) is 3.77. The monoisotopic (exact) mass is 358 g/mol. The van der Waals surface area contributed by atoms with Crippen LogP contribution in [0.1, 0.15) is 36.6 Å². The normalized spacial score (nSPS) is 18.6. The van der Waals surface area contributed by atoms with E-state index >= 15 is 0 Å². The summed E-state index contributed by atoms with van der Waals surface area (Å²) in [5.74, 6) is -1.12. The molecular weight excluding hydrogens is 343 g/mol. The van der Waals surface area contributed by atoms with E-state index in [9.17, 15) is 22.0 Å². The molecule has 0 amide bonds. The molecule has 1 atom stereocenters. The maximum absolute atomic E-state index is 14.4. The molecule has 0 saturated heterocycles. The molecule has 3 rings (SSSR count). The minimum absolute atomic E-state index is 0.0601. The van der Waals surface area contributed by atoms with Crippen LogP contribution in [0.2, 0.25) is 0 Å². The van der Waals surface area contributed by atoms with Gasteiger partial charge in [0, 0.05) is 4.88 Å². The molecule has 0 saturated carbocycles. The number of halogens is 5. The molecular formula is C18H15F5S. The number of alkyl halides is 3. The van der Waals surface area contributed by atoms with Crippen LogP contribution in [-0.2, 0) is 6.18 Å². The van der Waals surface area contributed by atoms with Gasteiger partial charge in [0.2, 0.25) is 0 Å². The van der Waals surface area contributed by atoms with Crippen LogP contribution in [0.4, 0.5) is 22.0 Å². The van der Waals surface area contributed by atoms with Crippen LogP contribution in [0.5, 0.6) is 0 Å². The summed E-state index contributed by atoms with van der Waals surface area (Å²) in [6.45, 7) is 2.12. The van der Waals surface area contributed by atoms with Crippen molar-refractivity contribution in [2.45, 2.75) is 32.4 Å². The van der Waals surface area contributed by atoms with Crippen LogP contribution < -0.4 is 0 Å². The number of rotatable bonds is 2. The third-order valence-corrected chi connectivity index (χ3v) is 5.37. The first-order valence-electron chi connectivity index (χ1n) is 7.61. The molecule has 1 aromatic heterocycles. The highest BCUT2D eigenvalue weighted by Crippen LogP contribution is 2.41. The van der Waals surface area contributed by atoms with Gasteiger partial charge in [0.1, 0.15) is 16.5 Å². The third-order valence-electron chi connectivity index (χ3n) is 4.22. The lowest BCUT2D eigenvalue weighted by Crippen LogP contribution is -2.02. The van der Waals surface area contributed by atoms with Gasteiger partial charge in [-0.15, -0.1) is 11.3 Å². The maximum Gasteiger partial charge on any atom is 0.425 e. The number of hydrogen-bond donors (Lipinski definition) is 0. The molecule has 24 heavy (non-hydrogen) atoms. The minimum Gasteiger partial charge on any atom is -0.206 e. The molecule has 1 aliphatic rings. The van der Waals surface area contributed by atoms with E-state index in [1.165, 1.54) is 12.1 Å². The van der Waals surface area contributed by atoms with Gasteiger partial charge in [-0.25, -0.2) is 8.78 Å². The van der Waals surface area contributed by atoms with Gasteiger partial charge < -0.3 is 0 Å². The van der Waals surface area contributed by atoms with Gasteiger partial charge in [-0.3, -0.25) is 0 Å². The first-order chi connectivity index (χ1) is 11.3. The molecule has 0 bridgehead atoms. The van der Waals surface area contributed by atoms with E-state index in [-0.39, 0.29) is 4.88 Å². The molecule has 1 aromatic carbocycles. The topological polar surface area (TPSA) is 0 Å². The number of allylic oxidation sites excluding steroid dienone is 2. The number of benzene rings is 1. The van der Waals surface area contributed by atoms with Crippen LogP contribution in [0.25, 0.3) is 16.0 Å². The summed E-state index contributed by atoms with van der Waals surface area (Å²) in [6.07, 6.45) is 0.0296. The quantitative estimate of drug-likeness (QED) is 0.511. The zero-order valence-corrected chi connectivity index (χ0v) is 13.7. The average molecular weight is 358 g/mol.